The molecule has 0 spiro atoms. The summed E-state index contributed by atoms with van der Waals surface area (Å²) in [6.45, 7) is 0.446. The highest BCUT2D eigenvalue weighted by molar-refractivity contribution is 5.93. The van der Waals surface area contributed by atoms with E-state index in [4.69, 9.17) is 4.74 Å². The van der Waals surface area contributed by atoms with Crippen molar-refractivity contribution in [3.8, 4) is 0 Å². The Bertz CT molecular complexity index is 850. The van der Waals surface area contributed by atoms with Crippen LogP contribution in [0.4, 0.5) is 8.78 Å². The maximum atomic E-state index is 13.9. The van der Waals surface area contributed by atoms with Crippen LogP contribution in [0.3, 0.4) is 0 Å². The summed E-state index contributed by atoms with van der Waals surface area (Å²) in [7, 11) is 3.73. The summed E-state index contributed by atoms with van der Waals surface area (Å²) in [5, 5.41) is 0. The van der Waals surface area contributed by atoms with E-state index < -0.39 is 18.1 Å². The number of rotatable bonds is 2. The number of nitrogens with zero attached hydrogens (tertiary/aromatic N) is 1. The first kappa shape index (κ1) is 16.4. The third-order valence-corrected chi connectivity index (χ3v) is 5.01. The van der Waals surface area contributed by atoms with Crippen molar-refractivity contribution in [1.29, 1.82) is 0 Å². The van der Waals surface area contributed by atoms with Crippen LogP contribution in [-0.2, 0) is 16.0 Å². The third kappa shape index (κ3) is 2.77. The van der Waals surface area contributed by atoms with E-state index in [9.17, 15) is 13.6 Å². The standard InChI is InChI=1S/C20H19F2NO2/c1-23(2)10-17-19(24)18-15-8-13(21)5-3-11(15)7-12-4-6-14(22)9-16(12)20(18)25-17/h3-6,8-9,17-18,20H,7,10H2,1-2H3. The molecule has 1 aliphatic carbocycles. The van der Waals surface area contributed by atoms with Crippen molar-refractivity contribution < 1.29 is 18.3 Å². The molecule has 0 saturated carbocycles. The van der Waals surface area contributed by atoms with Crippen molar-refractivity contribution >= 4 is 5.78 Å². The van der Waals surface area contributed by atoms with Gasteiger partial charge in [-0.15, -0.1) is 0 Å². The Morgan fingerprint density at radius 3 is 2.28 bits per heavy atom. The number of benzene rings is 2. The molecule has 0 radical (unpaired) electrons. The van der Waals surface area contributed by atoms with E-state index in [0.29, 0.717) is 24.1 Å². The molecule has 1 aliphatic heterocycles. The van der Waals surface area contributed by atoms with Gasteiger partial charge in [0, 0.05) is 6.54 Å². The Morgan fingerprint density at radius 2 is 1.64 bits per heavy atom. The molecule has 0 amide bonds. The van der Waals surface area contributed by atoms with Crippen molar-refractivity contribution in [2.24, 2.45) is 0 Å². The van der Waals surface area contributed by atoms with Gasteiger partial charge in [0.1, 0.15) is 17.7 Å². The van der Waals surface area contributed by atoms with Crippen LogP contribution >= 0.6 is 0 Å². The Morgan fingerprint density at radius 1 is 1.04 bits per heavy atom. The smallest absolute Gasteiger partial charge is 0.173 e. The zero-order chi connectivity index (χ0) is 17.7. The topological polar surface area (TPSA) is 29.5 Å². The number of hydrogen-bond donors (Lipinski definition) is 0. The van der Waals surface area contributed by atoms with E-state index in [1.165, 1.54) is 24.3 Å². The van der Waals surface area contributed by atoms with Crippen LogP contribution < -0.4 is 0 Å². The predicted molar refractivity (Wildman–Crippen MR) is 89.5 cm³/mol. The summed E-state index contributed by atoms with van der Waals surface area (Å²) < 4.78 is 33.8. The first-order chi connectivity index (χ1) is 11.9. The van der Waals surface area contributed by atoms with Gasteiger partial charge in [-0.1, -0.05) is 12.1 Å². The highest BCUT2D eigenvalue weighted by atomic mass is 19.1. The van der Waals surface area contributed by atoms with Crippen LogP contribution in [0, 0.1) is 11.6 Å². The van der Waals surface area contributed by atoms with Gasteiger partial charge in [0.15, 0.2) is 5.78 Å². The molecule has 3 nitrogen and oxygen atoms in total. The van der Waals surface area contributed by atoms with Gasteiger partial charge in [0.05, 0.1) is 12.0 Å². The third-order valence-electron chi connectivity index (χ3n) is 5.01. The molecule has 1 heterocycles. The summed E-state index contributed by atoms with van der Waals surface area (Å²) in [4.78, 5) is 14.9. The lowest BCUT2D eigenvalue weighted by atomic mass is 9.86. The maximum Gasteiger partial charge on any atom is 0.173 e. The number of halogens is 2. The molecule has 5 heteroatoms. The molecule has 0 aromatic heterocycles. The molecule has 1 saturated heterocycles. The van der Waals surface area contributed by atoms with Crippen LogP contribution in [0.2, 0.25) is 0 Å². The van der Waals surface area contributed by atoms with Gasteiger partial charge in [-0.2, -0.15) is 0 Å². The summed E-state index contributed by atoms with van der Waals surface area (Å²) in [5.41, 5.74) is 3.16. The number of ether oxygens (including phenoxy) is 1. The van der Waals surface area contributed by atoms with E-state index >= 15 is 0 Å². The number of Topliss-reactive ketones (excluding diaryl/α,β-unsaturated/α-hetero) is 1. The normalized spacial score (nSPS) is 24.7. The Labute approximate surface area is 145 Å². The minimum Gasteiger partial charge on any atom is -0.360 e. The highest BCUT2D eigenvalue weighted by Crippen LogP contribution is 2.47. The van der Waals surface area contributed by atoms with Crippen molar-refractivity contribution in [2.45, 2.75) is 24.5 Å². The summed E-state index contributed by atoms with van der Waals surface area (Å²) >= 11 is 0. The van der Waals surface area contributed by atoms with E-state index in [1.807, 2.05) is 19.0 Å². The maximum absolute atomic E-state index is 13.9. The van der Waals surface area contributed by atoms with E-state index in [0.717, 1.165) is 11.1 Å². The number of fused-ring (bicyclic) bond motifs is 5. The van der Waals surface area contributed by atoms with Crippen LogP contribution in [0.25, 0.3) is 0 Å². The molecule has 25 heavy (non-hydrogen) atoms. The SMILES string of the molecule is CN(C)CC1OC2c3cc(F)ccc3Cc3ccc(F)cc3C2C1=O. The number of ketones is 1. The van der Waals surface area contributed by atoms with E-state index in [2.05, 4.69) is 0 Å². The minimum atomic E-state index is -0.602. The lowest BCUT2D eigenvalue weighted by Gasteiger charge is -2.18. The molecule has 3 unspecified atom stereocenters. The number of carbonyl (C=O) groups excluding carboxylic acids is 1. The second-order valence-corrected chi connectivity index (χ2v) is 7.05. The zero-order valence-corrected chi connectivity index (χ0v) is 14.1. The van der Waals surface area contributed by atoms with Crippen LogP contribution in [0.5, 0.6) is 0 Å². The van der Waals surface area contributed by atoms with Crippen molar-refractivity contribution in [3.05, 3.63) is 70.3 Å². The van der Waals surface area contributed by atoms with Gasteiger partial charge in [0.25, 0.3) is 0 Å². The average molecular weight is 343 g/mol. The van der Waals surface area contributed by atoms with Crippen LogP contribution in [-0.4, -0.2) is 37.4 Å². The molecule has 2 aromatic carbocycles. The second-order valence-electron chi connectivity index (χ2n) is 7.05. The molecule has 0 N–H and O–H groups in total. The fourth-order valence-electron chi connectivity index (χ4n) is 3.92. The van der Waals surface area contributed by atoms with Crippen LogP contribution in [0.1, 0.15) is 34.3 Å². The predicted octanol–water partition coefficient (Wildman–Crippen LogP) is 3.22. The summed E-state index contributed by atoms with van der Waals surface area (Å²) in [5.74, 6) is -1.40. The number of carbonyl (C=O) groups is 1. The van der Waals surface area contributed by atoms with Gasteiger partial charge in [-0.25, -0.2) is 8.78 Å². The fourth-order valence-corrected chi connectivity index (χ4v) is 3.92. The fraction of sp³-hybridized carbons (Fsp3) is 0.350. The molecule has 1 fully saturated rings. The summed E-state index contributed by atoms with van der Waals surface area (Å²) in [6, 6.07) is 9.13. The quantitative estimate of drug-likeness (QED) is 0.839. The Kier molecular flexibility index (Phi) is 3.93. The molecule has 4 rings (SSSR count). The molecular weight excluding hydrogens is 324 g/mol. The van der Waals surface area contributed by atoms with Crippen molar-refractivity contribution in [1.82, 2.24) is 4.90 Å². The minimum absolute atomic E-state index is 0.0670. The molecule has 130 valence electrons. The molecular formula is C20H19F2NO2. The molecule has 0 bridgehead atoms. The van der Waals surface area contributed by atoms with Gasteiger partial charge >= 0.3 is 0 Å². The number of likely N-dealkylation sites (N-methyl/N-ethyl adjacent to an activating group) is 1. The van der Waals surface area contributed by atoms with Crippen molar-refractivity contribution in [2.75, 3.05) is 20.6 Å². The Hall–Kier alpha value is -2.11. The largest absolute Gasteiger partial charge is 0.360 e. The Balaban J connectivity index is 1.88. The van der Waals surface area contributed by atoms with Gasteiger partial charge in [-0.05, 0) is 67.0 Å². The van der Waals surface area contributed by atoms with E-state index in [1.54, 1.807) is 12.1 Å². The lowest BCUT2D eigenvalue weighted by molar-refractivity contribution is -0.123. The summed E-state index contributed by atoms with van der Waals surface area (Å²) in [6.07, 6.45) is -0.644. The molecule has 2 aliphatic rings. The van der Waals surface area contributed by atoms with Crippen LogP contribution in [0.15, 0.2) is 36.4 Å². The lowest BCUT2D eigenvalue weighted by Crippen LogP contribution is -2.31. The van der Waals surface area contributed by atoms with Gasteiger partial charge in [0.2, 0.25) is 0 Å². The molecule has 3 atom stereocenters. The first-order valence-electron chi connectivity index (χ1n) is 8.34. The van der Waals surface area contributed by atoms with Crippen molar-refractivity contribution in [3.63, 3.8) is 0 Å². The second kappa shape index (κ2) is 6.00. The first-order valence-corrected chi connectivity index (χ1v) is 8.34. The van der Waals surface area contributed by atoms with Gasteiger partial charge in [-0.3, -0.25) is 4.79 Å². The highest BCUT2D eigenvalue weighted by Gasteiger charge is 2.47. The molecule has 2 aromatic rings. The monoisotopic (exact) mass is 343 g/mol. The van der Waals surface area contributed by atoms with E-state index in [-0.39, 0.29) is 17.4 Å². The number of hydrogen-bond acceptors (Lipinski definition) is 3. The zero-order valence-electron chi connectivity index (χ0n) is 14.1. The average Bonchev–Trinajstić information content (AvgIpc) is 2.79. The van der Waals surface area contributed by atoms with Gasteiger partial charge < -0.3 is 9.64 Å².